The van der Waals surface area contributed by atoms with Gasteiger partial charge in [-0.15, -0.1) is 0 Å². The molecule has 0 aliphatic carbocycles. The summed E-state index contributed by atoms with van der Waals surface area (Å²) in [5, 5.41) is 2.00. The van der Waals surface area contributed by atoms with Gasteiger partial charge in [-0.3, -0.25) is 9.59 Å². The summed E-state index contributed by atoms with van der Waals surface area (Å²) >= 11 is 5.49. The average Bonchev–Trinajstić information content (AvgIpc) is 2.42. The third kappa shape index (κ3) is 2.87. The fourth-order valence-electron chi connectivity index (χ4n) is 1.73. The minimum atomic E-state index is -4.62. The van der Waals surface area contributed by atoms with Crippen molar-refractivity contribution < 1.29 is 17.9 Å². The Morgan fingerprint density at radius 2 is 1.90 bits per heavy atom. The van der Waals surface area contributed by atoms with Crippen LogP contribution in [0.2, 0.25) is 5.02 Å². The monoisotopic (exact) mass is 319 g/mol. The molecule has 0 aromatic heterocycles. The van der Waals surface area contributed by atoms with Crippen molar-refractivity contribution in [2.75, 3.05) is 11.9 Å². The molecule has 0 atom stereocenters. The maximum absolute atomic E-state index is 12.7. The van der Waals surface area contributed by atoms with E-state index in [1.54, 1.807) is 6.92 Å². The number of hydrogen-bond donors (Lipinski definition) is 1. The molecule has 0 aliphatic heterocycles. The highest BCUT2D eigenvalue weighted by Crippen LogP contribution is 2.37. The normalized spacial score (nSPS) is 11.7. The van der Waals surface area contributed by atoms with E-state index in [1.807, 2.05) is 0 Å². The van der Waals surface area contributed by atoms with Crippen LogP contribution in [-0.2, 0) is 6.18 Å². The van der Waals surface area contributed by atoms with Gasteiger partial charge < -0.3 is 10.1 Å². The smallest absolute Gasteiger partial charge is 0.417 e. The number of anilines is 2. The number of halogens is 4. The van der Waals surface area contributed by atoms with Crippen LogP contribution in [0.1, 0.15) is 12.5 Å². The van der Waals surface area contributed by atoms with Crippen LogP contribution in [0.4, 0.5) is 24.5 Å². The van der Waals surface area contributed by atoms with E-state index in [0.29, 0.717) is 0 Å². The minimum absolute atomic E-state index is 0.0141. The molecule has 21 heavy (non-hydrogen) atoms. The predicted octanol–water partition coefficient (Wildman–Crippen LogP) is 3.10. The second-order valence-corrected chi connectivity index (χ2v) is 4.52. The Morgan fingerprint density at radius 3 is 2.48 bits per heavy atom. The first-order valence-electron chi connectivity index (χ1n) is 5.85. The zero-order valence-corrected chi connectivity index (χ0v) is 11.4. The van der Waals surface area contributed by atoms with Crippen molar-refractivity contribution in [1.82, 2.24) is 0 Å². The van der Waals surface area contributed by atoms with Crippen LogP contribution in [0.25, 0.3) is 0 Å². The van der Waals surface area contributed by atoms with E-state index in [0.717, 1.165) is 12.1 Å². The summed E-state index contributed by atoms with van der Waals surface area (Å²) in [6, 6.07) is 3.08. The maximum atomic E-state index is 12.7. The predicted molar refractivity (Wildman–Crippen MR) is 72.3 cm³/mol. The molecule has 8 heteroatoms. The molecule has 0 bridgehead atoms. The van der Waals surface area contributed by atoms with Crippen LogP contribution in [0, 0.1) is 0 Å². The van der Waals surface area contributed by atoms with Crippen molar-refractivity contribution in [3.05, 3.63) is 49.2 Å². The Hall–Kier alpha value is -2.02. The highest BCUT2D eigenvalue weighted by molar-refractivity contribution is 6.31. The molecule has 2 rings (SSSR count). The fraction of sp³-hybridized carbons (Fsp3) is 0.231. The molecule has 2 aromatic carbocycles. The summed E-state index contributed by atoms with van der Waals surface area (Å²) < 4.78 is 43.1. The second-order valence-electron chi connectivity index (χ2n) is 4.11. The van der Waals surface area contributed by atoms with Crippen molar-refractivity contribution in [2.45, 2.75) is 13.1 Å². The first-order valence-corrected chi connectivity index (χ1v) is 6.23. The number of nitrogens with one attached hydrogen (secondary N) is 1. The lowest BCUT2D eigenvalue weighted by Gasteiger charge is -2.15. The summed E-state index contributed by atoms with van der Waals surface area (Å²) in [6.45, 7) is 1.78. The van der Waals surface area contributed by atoms with Gasteiger partial charge in [0.15, 0.2) is 5.75 Å². The lowest BCUT2D eigenvalue weighted by Crippen LogP contribution is -2.35. The molecule has 2 aromatic rings. The van der Waals surface area contributed by atoms with Gasteiger partial charge >= 0.3 is 6.18 Å². The zero-order chi connectivity index (χ0) is 15.8. The molecule has 0 radical (unpaired) electrons. The van der Waals surface area contributed by atoms with Gasteiger partial charge in [0.1, 0.15) is 5.69 Å². The molecule has 0 aliphatic rings. The van der Waals surface area contributed by atoms with E-state index in [2.05, 4.69) is 5.32 Å². The summed E-state index contributed by atoms with van der Waals surface area (Å²) in [7, 11) is 0. The van der Waals surface area contributed by atoms with Gasteiger partial charge in [0.05, 0.1) is 17.2 Å². The Morgan fingerprint density at radius 1 is 1.24 bits per heavy atom. The summed E-state index contributed by atoms with van der Waals surface area (Å²) in [4.78, 5) is 22.7. The van der Waals surface area contributed by atoms with Gasteiger partial charge in [-0.25, -0.2) is 0 Å². The molecule has 112 valence electrons. The van der Waals surface area contributed by atoms with Gasteiger partial charge in [0.25, 0.3) is 10.9 Å². The standard InChI is InChI=1S/C13H9ClF3NO3/c1-2-21-12-9(10(19)11(12)20)18-6-3-4-8(14)7(5-6)13(15,16)17/h3-5,18H,2H2,1H3. The molecule has 0 saturated carbocycles. The van der Waals surface area contributed by atoms with Crippen LogP contribution < -0.4 is 20.9 Å². The first-order chi connectivity index (χ1) is 9.75. The van der Waals surface area contributed by atoms with Crippen molar-refractivity contribution in [3.63, 3.8) is 0 Å². The molecule has 0 spiro atoms. The van der Waals surface area contributed by atoms with Crippen LogP contribution in [-0.4, -0.2) is 6.61 Å². The third-order valence-corrected chi connectivity index (χ3v) is 3.03. The average molecular weight is 320 g/mol. The van der Waals surface area contributed by atoms with Crippen LogP contribution in [0.3, 0.4) is 0 Å². The quantitative estimate of drug-likeness (QED) is 0.880. The molecule has 0 unspecified atom stereocenters. The lowest BCUT2D eigenvalue weighted by atomic mass is 10.1. The van der Waals surface area contributed by atoms with Crippen molar-refractivity contribution in [1.29, 1.82) is 0 Å². The summed E-state index contributed by atoms with van der Waals surface area (Å²) in [6.07, 6.45) is -4.62. The van der Waals surface area contributed by atoms with E-state index < -0.39 is 27.6 Å². The Balaban J connectivity index is 2.36. The molecule has 4 nitrogen and oxygen atoms in total. The van der Waals surface area contributed by atoms with Gasteiger partial charge in [-0.05, 0) is 25.1 Å². The van der Waals surface area contributed by atoms with Gasteiger partial charge in [0.2, 0.25) is 0 Å². The first kappa shape index (κ1) is 15.4. The third-order valence-electron chi connectivity index (χ3n) is 2.70. The second kappa shape index (κ2) is 5.40. The molecular formula is C13H9ClF3NO3. The van der Waals surface area contributed by atoms with Gasteiger partial charge in [-0.1, -0.05) is 11.6 Å². The number of benzene rings is 1. The Kier molecular flexibility index (Phi) is 3.95. The topological polar surface area (TPSA) is 55.4 Å². The fourth-order valence-corrected chi connectivity index (χ4v) is 1.96. The van der Waals surface area contributed by atoms with Crippen molar-refractivity contribution in [3.8, 4) is 5.75 Å². The van der Waals surface area contributed by atoms with Crippen LogP contribution >= 0.6 is 11.6 Å². The molecule has 0 fully saturated rings. The summed E-state index contributed by atoms with van der Waals surface area (Å²) in [5.41, 5.74) is -2.84. The largest absolute Gasteiger partial charge is 0.488 e. The molecule has 0 amide bonds. The lowest BCUT2D eigenvalue weighted by molar-refractivity contribution is -0.137. The van der Waals surface area contributed by atoms with Gasteiger partial charge in [-0.2, -0.15) is 13.2 Å². The maximum Gasteiger partial charge on any atom is 0.417 e. The van der Waals surface area contributed by atoms with E-state index in [9.17, 15) is 22.8 Å². The van der Waals surface area contributed by atoms with Gasteiger partial charge in [0, 0.05) is 5.69 Å². The number of ether oxygens (including phenoxy) is 1. The van der Waals surface area contributed by atoms with Crippen LogP contribution in [0.15, 0.2) is 27.8 Å². The van der Waals surface area contributed by atoms with E-state index in [-0.39, 0.29) is 23.7 Å². The SMILES string of the molecule is CCOc1c(Nc2ccc(Cl)c(C(F)(F)F)c2)c(=O)c1=O. The Labute approximate surface area is 121 Å². The molecular weight excluding hydrogens is 311 g/mol. The minimum Gasteiger partial charge on any atom is -0.488 e. The summed E-state index contributed by atoms with van der Waals surface area (Å²) in [5.74, 6) is -0.175. The highest BCUT2D eigenvalue weighted by Gasteiger charge is 2.33. The molecule has 0 saturated heterocycles. The molecule has 0 heterocycles. The number of hydrogen-bond acceptors (Lipinski definition) is 4. The van der Waals surface area contributed by atoms with Crippen molar-refractivity contribution >= 4 is 23.0 Å². The van der Waals surface area contributed by atoms with E-state index >= 15 is 0 Å². The molecule has 1 N–H and O–H groups in total. The zero-order valence-electron chi connectivity index (χ0n) is 10.7. The number of alkyl halides is 3. The van der Waals surface area contributed by atoms with Crippen LogP contribution in [0.5, 0.6) is 5.75 Å². The van der Waals surface area contributed by atoms with Crippen molar-refractivity contribution in [2.24, 2.45) is 0 Å². The van der Waals surface area contributed by atoms with E-state index in [4.69, 9.17) is 16.3 Å². The van der Waals surface area contributed by atoms with E-state index in [1.165, 1.54) is 6.07 Å². The Bertz CT molecular complexity index is 748. The highest BCUT2D eigenvalue weighted by atomic mass is 35.5. The number of rotatable bonds is 4.